The van der Waals surface area contributed by atoms with Crippen LogP contribution in [0, 0.1) is 17.7 Å². The Balaban J connectivity index is 2.05. The molecule has 0 spiro atoms. The first-order valence-electron chi connectivity index (χ1n) is 8.27. The van der Waals surface area contributed by atoms with Crippen LogP contribution in [0.3, 0.4) is 0 Å². The fourth-order valence-corrected chi connectivity index (χ4v) is 3.62. The minimum absolute atomic E-state index is 0.211. The predicted molar refractivity (Wildman–Crippen MR) is 88.3 cm³/mol. The molecular weight excluding hydrogens is 285 g/mol. The highest BCUT2D eigenvalue weighted by molar-refractivity contribution is 6.30. The molecule has 2 rings (SSSR count). The number of halogens is 2. The van der Waals surface area contributed by atoms with Gasteiger partial charge < -0.3 is 5.32 Å². The number of nitrogens with one attached hydrogen (secondary N) is 1. The lowest BCUT2D eigenvalue weighted by molar-refractivity contribution is 0.221. The van der Waals surface area contributed by atoms with E-state index in [9.17, 15) is 4.39 Å². The first-order valence-corrected chi connectivity index (χ1v) is 8.65. The van der Waals surface area contributed by atoms with E-state index in [0.717, 1.165) is 30.9 Å². The molecule has 3 unspecified atom stereocenters. The minimum atomic E-state index is -0.305. The molecule has 1 nitrogen and oxygen atoms in total. The van der Waals surface area contributed by atoms with Crippen LogP contribution < -0.4 is 5.32 Å². The Morgan fingerprint density at radius 2 is 2.19 bits per heavy atom. The summed E-state index contributed by atoms with van der Waals surface area (Å²) in [6.45, 7) is 5.58. The SMILES string of the molecule is CCCNC(Cc1ccc(Cl)c(F)c1)C1CCCC(C)C1. The Morgan fingerprint density at radius 1 is 1.38 bits per heavy atom. The van der Waals surface area contributed by atoms with E-state index in [2.05, 4.69) is 19.2 Å². The van der Waals surface area contributed by atoms with Crippen molar-refractivity contribution in [3.05, 3.63) is 34.6 Å². The fraction of sp³-hybridized carbons (Fsp3) is 0.667. The van der Waals surface area contributed by atoms with Gasteiger partial charge in [-0.1, -0.05) is 44.4 Å². The largest absolute Gasteiger partial charge is 0.313 e. The number of benzene rings is 1. The highest BCUT2D eigenvalue weighted by Gasteiger charge is 2.26. The average Bonchev–Trinajstić information content (AvgIpc) is 2.47. The average molecular weight is 312 g/mol. The van der Waals surface area contributed by atoms with Gasteiger partial charge in [0, 0.05) is 6.04 Å². The second kappa shape index (κ2) is 8.14. The van der Waals surface area contributed by atoms with Crippen LogP contribution in [0.2, 0.25) is 5.02 Å². The molecule has 3 atom stereocenters. The second-order valence-electron chi connectivity index (χ2n) is 6.55. The molecule has 0 bridgehead atoms. The van der Waals surface area contributed by atoms with Crippen LogP contribution in [-0.4, -0.2) is 12.6 Å². The third kappa shape index (κ3) is 4.96. The normalized spacial score (nSPS) is 24.0. The number of hydrogen-bond acceptors (Lipinski definition) is 1. The smallest absolute Gasteiger partial charge is 0.142 e. The van der Waals surface area contributed by atoms with Gasteiger partial charge in [-0.15, -0.1) is 0 Å². The third-order valence-electron chi connectivity index (χ3n) is 4.64. The van der Waals surface area contributed by atoms with E-state index in [1.54, 1.807) is 12.1 Å². The Morgan fingerprint density at radius 3 is 2.86 bits per heavy atom. The van der Waals surface area contributed by atoms with E-state index < -0.39 is 0 Å². The van der Waals surface area contributed by atoms with Crippen LogP contribution in [0.25, 0.3) is 0 Å². The van der Waals surface area contributed by atoms with Crippen LogP contribution in [0.15, 0.2) is 18.2 Å². The first-order chi connectivity index (χ1) is 10.1. The molecule has 0 radical (unpaired) electrons. The van der Waals surface area contributed by atoms with Crippen LogP contribution in [-0.2, 0) is 6.42 Å². The fourth-order valence-electron chi connectivity index (χ4n) is 3.50. The van der Waals surface area contributed by atoms with Gasteiger partial charge in [-0.3, -0.25) is 0 Å². The van der Waals surface area contributed by atoms with Crippen LogP contribution in [0.4, 0.5) is 4.39 Å². The molecule has 0 aliphatic heterocycles. The van der Waals surface area contributed by atoms with E-state index in [0.29, 0.717) is 12.0 Å². The molecule has 1 fully saturated rings. The zero-order valence-electron chi connectivity index (χ0n) is 13.2. The Hall–Kier alpha value is -0.600. The summed E-state index contributed by atoms with van der Waals surface area (Å²) in [5.41, 5.74) is 1.05. The Bertz CT molecular complexity index is 449. The summed E-state index contributed by atoms with van der Waals surface area (Å²) in [5.74, 6) is 1.22. The van der Waals surface area contributed by atoms with Gasteiger partial charge in [-0.05, 0) is 61.8 Å². The molecule has 21 heavy (non-hydrogen) atoms. The van der Waals surface area contributed by atoms with Gasteiger partial charge in [0.05, 0.1) is 5.02 Å². The topological polar surface area (TPSA) is 12.0 Å². The van der Waals surface area contributed by atoms with E-state index in [4.69, 9.17) is 11.6 Å². The molecule has 1 aliphatic carbocycles. The van der Waals surface area contributed by atoms with Crippen molar-refractivity contribution < 1.29 is 4.39 Å². The lowest BCUT2D eigenvalue weighted by atomic mass is 9.77. The summed E-state index contributed by atoms with van der Waals surface area (Å²) >= 11 is 5.78. The molecule has 0 heterocycles. The van der Waals surface area contributed by atoms with E-state index in [1.165, 1.54) is 25.7 Å². The lowest BCUT2D eigenvalue weighted by Crippen LogP contribution is -2.40. The summed E-state index contributed by atoms with van der Waals surface area (Å²) < 4.78 is 13.6. The molecule has 118 valence electrons. The standard InChI is InChI=1S/C18H27ClFN/c1-3-9-21-18(15-6-4-5-13(2)10-15)12-14-7-8-16(19)17(20)11-14/h7-8,11,13,15,18,21H,3-6,9-10,12H2,1-2H3. The van der Waals surface area contributed by atoms with Crippen molar-refractivity contribution in [3.8, 4) is 0 Å². The summed E-state index contributed by atoms with van der Waals surface area (Å²) in [6, 6.07) is 5.67. The monoisotopic (exact) mass is 311 g/mol. The van der Waals surface area contributed by atoms with Crippen molar-refractivity contribution in [1.29, 1.82) is 0 Å². The van der Waals surface area contributed by atoms with E-state index >= 15 is 0 Å². The number of rotatable bonds is 6. The van der Waals surface area contributed by atoms with Gasteiger partial charge in [0.2, 0.25) is 0 Å². The molecule has 1 saturated carbocycles. The van der Waals surface area contributed by atoms with Gasteiger partial charge in [0.25, 0.3) is 0 Å². The summed E-state index contributed by atoms with van der Waals surface area (Å²) in [7, 11) is 0. The van der Waals surface area contributed by atoms with Crippen molar-refractivity contribution in [2.75, 3.05) is 6.54 Å². The van der Waals surface area contributed by atoms with Crippen LogP contribution in [0.5, 0.6) is 0 Å². The van der Waals surface area contributed by atoms with E-state index in [-0.39, 0.29) is 10.8 Å². The first kappa shape index (κ1) is 16.8. The van der Waals surface area contributed by atoms with Crippen molar-refractivity contribution in [2.45, 2.75) is 58.4 Å². The molecule has 0 saturated heterocycles. The maximum absolute atomic E-state index is 13.6. The summed E-state index contributed by atoms with van der Waals surface area (Å²) in [5, 5.41) is 3.90. The van der Waals surface area contributed by atoms with Crippen molar-refractivity contribution in [3.63, 3.8) is 0 Å². The summed E-state index contributed by atoms with van der Waals surface area (Å²) in [4.78, 5) is 0. The van der Waals surface area contributed by atoms with Gasteiger partial charge in [-0.2, -0.15) is 0 Å². The van der Waals surface area contributed by atoms with Crippen LogP contribution >= 0.6 is 11.6 Å². The molecule has 1 aromatic rings. The zero-order chi connectivity index (χ0) is 15.2. The van der Waals surface area contributed by atoms with Gasteiger partial charge in [0.15, 0.2) is 0 Å². The van der Waals surface area contributed by atoms with Crippen molar-refractivity contribution in [1.82, 2.24) is 5.32 Å². The molecule has 1 aromatic carbocycles. The molecule has 3 heteroatoms. The number of hydrogen-bond donors (Lipinski definition) is 1. The van der Waals surface area contributed by atoms with Gasteiger partial charge >= 0.3 is 0 Å². The maximum Gasteiger partial charge on any atom is 0.142 e. The predicted octanol–water partition coefficient (Wildman–Crippen LogP) is 5.22. The third-order valence-corrected chi connectivity index (χ3v) is 4.95. The van der Waals surface area contributed by atoms with E-state index in [1.807, 2.05) is 6.07 Å². The Kier molecular flexibility index (Phi) is 6.50. The molecular formula is C18H27ClFN. The lowest BCUT2D eigenvalue weighted by Gasteiger charge is -2.34. The van der Waals surface area contributed by atoms with Crippen molar-refractivity contribution >= 4 is 11.6 Å². The highest BCUT2D eigenvalue weighted by Crippen LogP contribution is 2.32. The zero-order valence-corrected chi connectivity index (χ0v) is 13.9. The van der Waals surface area contributed by atoms with Crippen LogP contribution in [0.1, 0.15) is 51.5 Å². The highest BCUT2D eigenvalue weighted by atomic mass is 35.5. The quantitative estimate of drug-likeness (QED) is 0.760. The molecule has 1 N–H and O–H groups in total. The molecule has 1 aliphatic rings. The minimum Gasteiger partial charge on any atom is -0.313 e. The van der Waals surface area contributed by atoms with Gasteiger partial charge in [-0.25, -0.2) is 4.39 Å². The Labute approximate surface area is 133 Å². The van der Waals surface area contributed by atoms with Gasteiger partial charge in [0.1, 0.15) is 5.82 Å². The molecule has 0 aromatic heterocycles. The van der Waals surface area contributed by atoms with Crippen molar-refractivity contribution in [2.24, 2.45) is 11.8 Å². The second-order valence-corrected chi connectivity index (χ2v) is 6.95. The molecule has 0 amide bonds. The summed E-state index contributed by atoms with van der Waals surface area (Å²) in [6.07, 6.45) is 7.29. The maximum atomic E-state index is 13.6.